The first kappa shape index (κ1) is 33.3. The molecule has 2 amide bonds. The summed E-state index contributed by atoms with van der Waals surface area (Å²) in [6.07, 6.45) is 0. The highest BCUT2D eigenvalue weighted by molar-refractivity contribution is 9.10. The van der Waals surface area contributed by atoms with E-state index in [1.165, 1.54) is 46.9 Å². The van der Waals surface area contributed by atoms with E-state index in [9.17, 15) is 19.2 Å². The van der Waals surface area contributed by atoms with Crippen molar-refractivity contribution >= 4 is 88.3 Å². The second-order valence-electron chi connectivity index (χ2n) is 9.65. The molecular weight excluding hydrogens is 756 g/mol. The molecular formula is C34H26Br2N2O6S2. The van der Waals surface area contributed by atoms with Gasteiger partial charge in [-0.05, 0) is 73.5 Å². The van der Waals surface area contributed by atoms with E-state index in [1.54, 1.807) is 24.6 Å². The molecule has 3 aromatic carbocycles. The van der Waals surface area contributed by atoms with E-state index in [0.717, 1.165) is 20.1 Å². The van der Waals surface area contributed by atoms with Crippen molar-refractivity contribution in [2.24, 2.45) is 0 Å². The average molecular weight is 783 g/mol. The Hall–Kier alpha value is -4.10. The predicted octanol–water partition coefficient (Wildman–Crippen LogP) is 9.53. The Balaban J connectivity index is 1.34. The number of halogens is 2. The van der Waals surface area contributed by atoms with Crippen LogP contribution in [0.2, 0.25) is 0 Å². The van der Waals surface area contributed by atoms with E-state index in [-0.39, 0.29) is 35.5 Å². The van der Waals surface area contributed by atoms with Gasteiger partial charge in [0.05, 0.1) is 13.2 Å². The summed E-state index contributed by atoms with van der Waals surface area (Å²) in [5.74, 6) is -1.99. The van der Waals surface area contributed by atoms with Crippen LogP contribution in [-0.4, -0.2) is 37.0 Å². The summed E-state index contributed by atoms with van der Waals surface area (Å²) in [5, 5.41) is 9.97. The molecule has 0 radical (unpaired) electrons. The number of nitrogens with one attached hydrogen (secondary N) is 2. The van der Waals surface area contributed by atoms with Gasteiger partial charge in [0.25, 0.3) is 11.8 Å². The molecule has 12 heteroatoms. The van der Waals surface area contributed by atoms with Crippen molar-refractivity contribution in [1.29, 1.82) is 0 Å². The number of carbonyl (C=O) groups is 4. The van der Waals surface area contributed by atoms with Gasteiger partial charge in [-0.1, -0.05) is 56.1 Å². The molecule has 2 heterocycles. The molecule has 0 saturated carbocycles. The minimum Gasteiger partial charge on any atom is -0.462 e. The van der Waals surface area contributed by atoms with Crippen LogP contribution >= 0.6 is 54.5 Å². The lowest BCUT2D eigenvalue weighted by Crippen LogP contribution is -2.16. The number of ether oxygens (including phenoxy) is 2. The largest absolute Gasteiger partial charge is 0.462 e. The number of esters is 2. The Morgan fingerprint density at radius 3 is 1.26 bits per heavy atom. The molecule has 8 nitrogen and oxygen atoms in total. The highest BCUT2D eigenvalue weighted by atomic mass is 79.9. The number of hydrogen-bond donors (Lipinski definition) is 2. The van der Waals surface area contributed by atoms with Gasteiger partial charge in [0.15, 0.2) is 0 Å². The summed E-state index contributed by atoms with van der Waals surface area (Å²) in [6.45, 7) is 3.81. The maximum Gasteiger partial charge on any atom is 0.341 e. The van der Waals surface area contributed by atoms with Crippen molar-refractivity contribution in [2.45, 2.75) is 13.8 Å². The van der Waals surface area contributed by atoms with E-state index in [1.807, 2.05) is 48.5 Å². The zero-order chi connectivity index (χ0) is 32.8. The molecule has 5 aromatic rings. The third kappa shape index (κ3) is 7.47. The van der Waals surface area contributed by atoms with Gasteiger partial charge in [0.1, 0.15) is 21.1 Å². The standard InChI is InChI=1S/C34H26Br2N2O6S2/c1-3-43-33(41)27-25(19-9-13-23(35)14-10-19)17-45-31(27)37-29(39)21-5-7-22(8-6-21)30(40)38-32-28(34(42)44-4-2)26(18-46-32)20-11-15-24(36)16-12-20/h5-18H,3-4H2,1-2H3,(H,37,39)(H,38,40). The fraction of sp³-hybridized carbons (Fsp3) is 0.118. The number of benzene rings is 3. The first-order chi connectivity index (χ1) is 22.2. The molecule has 0 aliphatic carbocycles. The van der Waals surface area contributed by atoms with E-state index >= 15 is 0 Å². The van der Waals surface area contributed by atoms with Crippen LogP contribution in [0.5, 0.6) is 0 Å². The van der Waals surface area contributed by atoms with Crippen molar-refractivity contribution in [3.8, 4) is 22.3 Å². The van der Waals surface area contributed by atoms with E-state index in [0.29, 0.717) is 21.1 Å². The Kier molecular flexibility index (Phi) is 10.8. The molecule has 5 rings (SSSR count). The third-order valence-electron chi connectivity index (χ3n) is 6.72. The number of anilines is 2. The molecule has 0 unspecified atom stereocenters. The normalized spacial score (nSPS) is 10.7. The smallest absolute Gasteiger partial charge is 0.341 e. The second-order valence-corrected chi connectivity index (χ2v) is 13.2. The Labute approximate surface area is 290 Å². The van der Waals surface area contributed by atoms with Crippen LogP contribution in [0.15, 0.2) is 92.5 Å². The van der Waals surface area contributed by atoms with Crippen LogP contribution in [0.3, 0.4) is 0 Å². The highest BCUT2D eigenvalue weighted by Gasteiger charge is 2.25. The fourth-order valence-electron chi connectivity index (χ4n) is 4.52. The van der Waals surface area contributed by atoms with Gasteiger partial charge < -0.3 is 20.1 Å². The number of carbonyl (C=O) groups excluding carboxylic acids is 4. The molecule has 2 N–H and O–H groups in total. The van der Waals surface area contributed by atoms with Crippen LogP contribution in [-0.2, 0) is 9.47 Å². The SMILES string of the molecule is CCOC(=O)c1c(-c2ccc(Br)cc2)csc1NC(=O)c1ccc(C(=O)Nc2scc(-c3ccc(Br)cc3)c2C(=O)OCC)cc1. The highest BCUT2D eigenvalue weighted by Crippen LogP contribution is 2.38. The predicted molar refractivity (Wildman–Crippen MR) is 189 cm³/mol. The summed E-state index contributed by atoms with van der Waals surface area (Å²) < 4.78 is 12.4. The average Bonchev–Trinajstić information content (AvgIpc) is 3.66. The molecule has 0 saturated heterocycles. The van der Waals surface area contributed by atoms with Crippen LogP contribution in [0.1, 0.15) is 55.3 Å². The van der Waals surface area contributed by atoms with Crippen molar-refractivity contribution in [2.75, 3.05) is 23.8 Å². The fourth-order valence-corrected chi connectivity index (χ4v) is 6.95. The molecule has 0 fully saturated rings. The van der Waals surface area contributed by atoms with Crippen LogP contribution in [0.4, 0.5) is 10.0 Å². The maximum atomic E-state index is 13.2. The topological polar surface area (TPSA) is 111 Å². The van der Waals surface area contributed by atoms with Gasteiger partial charge in [-0.2, -0.15) is 0 Å². The summed E-state index contributed by atoms with van der Waals surface area (Å²) in [7, 11) is 0. The maximum absolute atomic E-state index is 13.2. The lowest BCUT2D eigenvalue weighted by Gasteiger charge is -2.10. The quantitative estimate of drug-likeness (QED) is 0.137. The Morgan fingerprint density at radius 1 is 0.587 bits per heavy atom. The van der Waals surface area contributed by atoms with Gasteiger partial charge in [0, 0.05) is 42.0 Å². The van der Waals surface area contributed by atoms with Gasteiger partial charge in [-0.15, -0.1) is 22.7 Å². The zero-order valence-electron chi connectivity index (χ0n) is 24.5. The van der Waals surface area contributed by atoms with Crippen LogP contribution in [0.25, 0.3) is 22.3 Å². The molecule has 2 aromatic heterocycles. The van der Waals surface area contributed by atoms with E-state index in [2.05, 4.69) is 42.5 Å². The lowest BCUT2D eigenvalue weighted by molar-refractivity contribution is 0.0519. The van der Waals surface area contributed by atoms with E-state index < -0.39 is 23.8 Å². The Morgan fingerprint density at radius 2 is 0.935 bits per heavy atom. The van der Waals surface area contributed by atoms with Crippen molar-refractivity contribution < 1.29 is 28.7 Å². The molecule has 0 spiro atoms. The molecule has 0 atom stereocenters. The minimum atomic E-state index is -0.539. The monoisotopic (exact) mass is 780 g/mol. The third-order valence-corrected chi connectivity index (χ3v) is 9.56. The number of amides is 2. The number of rotatable bonds is 10. The molecule has 0 aliphatic heterocycles. The van der Waals surface area contributed by atoms with E-state index in [4.69, 9.17) is 9.47 Å². The molecule has 0 aliphatic rings. The molecule has 0 bridgehead atoms. The van der Waals surface area contributed by atoms with Gasteiger partial charge in [-0.25, -0.2) is 9.59 Å². The first-order valence-electron chi connectivity index (χ1n) is 14.0. The van der Waals surface area contributed by atoms with Crippen molar-refractivity contribution in [3.05, 3.63) is 115 Å². The second kappa shape index (κ2) is 15.0. The Bertz CT molecular complexity index is 1760. The summed E-state index contributed by atoms with van der Waals surface area (Å²) in [5.41, 5.74) is 4.02. The van der Waals surface area contributed by atoms with Gasteiger partial charge in [-0.3, -0.25) is 9.59 Å². The lowest BCUT2D eigenvalue weighted by atomic mass is 10.0. The zero-order valence-corrected chi connectivity index (χ0v) is 29.3. The summed E-state index contributed by atoms with van der Waals surface area (Å²) >= 11 is 9.28. The van der Waals surface area contributed by atoms with Crippen molar-refractivity contribution in [3.63, 3.8) is 0 Å². The number of thiophene rings is 2. The summed E-state index contributed by atoms with van der Waals surface area (Å²) in [6, 6.07) is 21.0. The summed E-state index contributed by atoms with van der Waals surface area (Å²) in [4.78, 5) is 52.3. The molecule has 234 valence electrons. The minimum absolute atomic E-state index is 0.184. The molecule has 46 heavy (non-hydrogen) atoms. The van der Waals surface area contributed by atoms with Crippen LogP contribution in [0, 0.1) is 0 Å². The van der Waals surface area contributed by atoms with Gasteiger partial charge in [0.2, 0.25) is 0 Å². The van der Waals surface area contributed by atoms with Crippen molar-refractivity contribution in [1.82, 2.24) is 0 Å². The van der Waals surface area contributed by atoms with Gasteiger partial charge >= 0.3 is 11.9 Å². The van der Waals surface area contributed by atoms with Crippen LogP contribution < -0.4 is 10.6 Å². The number of hydrogen-bond acceptors (Lipinski definition) is 8. The first-order valence-corrected chi connectivity index (χ1v) is 17.4.